The van der Waals surface area contributed by atoms with Crippen molar-refractivity contribution in [2.24, 2.45) is 0 Å². The van der Waals surface area contributed by atoms with E-state index in [1.54, 1.807) is 11.8 Å². The van der Waals surface area contributed by atoms with E-state index in [0.717, 1.165) is 5.56 Å². The van der Waals surface area contributed by atoms with Crippen LogP contribution < -0.4 is 0 Å². The van der Waals surface area contributed by atoms with Crippen LogP contribution in [0.2, 0.25) is 0 Å². The van der Waals surface area contributed by atoms with Gasteiger partial charge in [-0.15, -0.1) is 0 Å². The summed E-state index contributed by atoms with van der Waals surface area (Å²) >= 11 is 0. The maximum Gasteiger partial charge on any atom is 0.354 e. The Bertz CT molecular complexity index is 369. The van der Waals surface area contributed by atoms with Gasteiger partial charge in [-0.1, -0.05) is 30.3 Å². The molecule has 0 saturated heterocycles. The third-order valence-electron chi connectivity index (χ3n) is 2.07. The molecule has 1 aromatic carbocycles. The average molecular weight is 219 g/mol. The molecule has 0 N–H and O–H groups in total. The summed E-state index contributed by atoms with van der Waals surface area (Å²) in [5, 5.41) is 0. The summed E-state index contributed by atoms with van der Waals surface area (Å²) in [6.45, 7) is 2.19. The fourth-order valence-electron chi connectivity index (χ4n) is 1.28. The van der Waals surface area contributed by atoms with Crippen molar-refractivity contribution in [2.45, 2.75) is 6.92 Å². The maximum atomic E-state index is 11.7. The van der Waals surface area contributed by atoms with Crippen LogP contribution in [0.1, 0.15) is 12.5 Å². The van der Waals surface area contributed by atoms with Crippen molar-refractivity contribution in [3.63, 3.8) is 0 Å². The van der Waals surface area contributed by atoms with Crippen molar-refractivity contribution in [1.82, 2.24) is 4.90 Å². The number of carbonyl (C=O) groups excluding carboxylic acids is 1. The Morgan fingerprint density at radius 1 is 1.31 bits per heavy atom. The molecule has 0 aromatic heterocycles. The zero-order valence-electron chi connectivity index (χ0n) is 9.93. The molecule has 0 aliphatic rings. The third kappa shape index (κ3) is 3.42. The van der Waals surface area contributed by atoms with Gasteiger partial charge in [0, 0.05) is 14.1 Å². The van der Waals surface area contributed by atoms with Gasteiger partial charge in [-0.2, -0.15) is 0 Å². The predicted molar refractivity (Wildman–Crippen MR) is 64.7 cm³/mol. The smallest absolute Gasteiger partial charge is 0.354 e. The minimum atomic E-state index is -0.295. The van der Waals surface area contributed by atoms with Gasteiger partial charge in [0.2, 0.25) is 0 Å². The van der Waals surface area contributed by atoms with Crippen molar-refractivity contribution < 1.29 is 9.53 Å². The molecule has 0 atom stereocenters. The first-order valence-corrected chi connectivity index (χ1v) is 5.26. The van der Waals surface area contributed by atoms with E-state index in [9.17, 15) is 4.79 Å². The number of esters is 1. The average Bonchev–Trinajstić information content (AvgIpc) is 2.27. The summed E-state index contributed by atoms with van der Waals surface area (Å²) < 4.78 is 4.99. The van der Waals surface area contributed by atoms with Gasteiger partial charge in [-0.05, 0) is 18.6 Å². The molecule has 86 valence electrons. The van der Waals surface area contributed by atoms with Gasteiger partial charge in [0.15, 0.2) is 0 Å². The molecule has 0 aliphatic heterocycles. The lowest BCUT2D eigenvalue weighted by atomic mass is 10.2. The van der Waals surface area contributed by atoms with E-state index >= 15 is 0 Å². The molecule has 1 rings (SSSR count). The number of carbonyl (C=O) groups is 1. The van der Waals surface area contributed by atoms with Gasteiger partial charge in [0.05, 0.1) is 6.61 Å². The molecule has 3 nitrogen and oxygen atoms in total. The van der Waals surface area contributed by atoms with Crippen LogP contribution in [0.5, 0.6) is 0 Å². The zero-order valence-corrected chi connectivity index (χ0v) is 9.93. The Balaban J connectivity index is 2.94. The number of nitrogens with zero attached hydrogens (tertiary/aromatic N) is 1. The highest BCUT2D eigenvalue weighted by molar-refractivity contribution is 5.92. The minimum Gasteiger partial charge on any atom is -0.461 e. The van der Waals surface area contributed by atoms with Crippen LogP contribution in [0.4, 0.5) is 0 Å². The summed E-state index contributed by atoms with van der Waals surface area (Å²) in [4.78, 5) is 13.4. The van der Waals surface area contributed by atoms with Gasteiger partial charge in [-0.3, -0.25) is 0 Å². The molecule has 3 heteroatoms. The van der Waals surface area contributed by atoms with Gasteiger partial charge in [0.25, 0.3) is 0 Å². The minimum absolute atomic E-state index is 0.295. The molecule has 0 saturated carbocycles. The summed E-state index contributed by atoms with van der Waals surface area (Å²) in [6, 6.07) is 9.71. The summed E-state index contributed by atoms with van der Waals surface area (Å²) in [7, 11) is 3.65. The fourth-order valence-corrected chi connectivity index (χ4v) is 1.28. The molecule has 0 bridgehead atoms. The molecular weight excluding hydrogens is 202 g/mol. The SMILES string of the molecule is CCOC(=O)/C(=C/c1ccccc1)N(C)C. The number of hydrogen-bond acceptors (Lipinski definition) is 3. The summed E-state index contributed by atoms with van der Waals surface area (Å²) in [5.74, 6) is -0.295. The number of likely N-dealkylation sites (N-methyl/N-ethyl adjacent to an activating group) is 1. The second kappa shape index (κ2) is 5.95. The number of hydrogen-bond donors (Lipinski definition) is 0. The fraction of sp³-hybridized carbons (Fsp3) is 0.308. The zero-order chi connectivity index (χ0) is 12.0. The first-order valence-electron chi connectivity index (χ1n) is 5.26. The second-order valence-corrected chi connectivity index (χ2v) is 3.56. The molecule has 0 amide bonds. The molecule has 0 unspecified atom stereocenters. The second-order valence-electron chi connectivity index (χ2n) is 3.56. The molecule has 0 radical (unpaired) electrons. The molecular formula is C13H17NO2. The van der Waals surface area contributed by atoms with E-state index in [2.05, 4.69) is 0 Å². The van der Waals surface area contributed by atoms with Gasteiger partial charge in [-0.25, -0.2) is 4.79 Å². The number of ether oxygens (including phenoxy) is 1. The third-order valence-corrected chi connectivity index (χ3v) is 2.07. The van der Waals surface area contributed by atoms with Gasteiger partial charge < -0.3 is 9.64 Å². The van der Waals surface area contributed by atoms with Crippen LogP contribution in [0.3, 0.4) is 0 Å². The molecule has 16 heavy (non-hydrogen) atoms. The highest BCUT2D eigenvalue weighted by atomic mass is 16.5. The van der Waals surface area contributed by atoms with Crippen molar-refractivity contribution in [3.05, 3.63) is 41.6 Å². The molecule has 0 aliphatic carbocycles. The Kier molecular flexibility index (Phi) is 4.58. The standard InChI is InChI=1S/C13H17NO2/c1-4-16-13(15)12(14(2)3)10-11-8-6-5-7-9-11/h5-10H,4H2,1-3H3/b12-10-. The van der Waals surface area contributed by atoms with E-state index < -0.39 is 0 Å². The summed E-state index contributed by atoms with van der Waals surface area (Å²) in [6.07, 6.45) is 1.82. The lowest BCUT2D eigenvalue weighted by Gasteiger charge is -2.15. The molecule has 0 spiro atoms. The van der Waals surface area contributed by atoms with Crippen LogP contribution in [0.15, 0.2) is 36.0 Å². The monoisotopic (exact) mass is 219 g/mol. The first kappa shape index (κ1) is 12.3. The highest BCUT2D eigenvalue weighted by Gasteiger charge is 2.12. The maximum absolute atomic E-state index is 11.7. The highest BCUT2D eigenvalue weighted by Crippen LogP contribution is 2.10. The van der Waals surface area contributed by atoms with Crippen molar-refractivity contribution in [2.75, 3.05) is 20.7 Å². The van der Waals surface area contributed by atoms with E-state index in [1.807, 2.05) is 50.5 Å². The number of rotatable bonds is 4. The largest absolute Gasteiger partial charge is 0.461 e. The quantitative estimate of drug-likeness (QED) is 0.574. The molecule has 1 aromatic rings. The van der Waals surface area contributed by atoms with E-state index in [1.165, 1.54) is 0 Å². The molecule has 0 heterocycles. The van der Waals surface area contributed by atoms with Crippen LogP contribution >= 0.6 is 0 Å². The van der Waals surface area contributed by atoms with E-state index in [4.69, 9.17) is 4.74 Å². The Morgan fingerprint density at radius 3 is 2.44 bits per heavy atom. The Morgan fingerprint density at radius 2 is 1.94 bits per heavy atom. The van der Waals surface area contributed by atoms with E-state index in [-0.39, 0.29) is 5.97 Å². The normalized spacial score (nSPS) is 11.1. The Labute approximate surface area is 96.3 Å². The lowest BCUT2D eigenvalue weighted by Crippen LogP contribution is -2.21. The Hall–Kier alpha value is -1.77. The van der Waals surface area contributed by atoms with Crippen LogP contribution in [-0.2, 0) is 9.53 Å². The van der Waals surface area contributed by atoms with Crippen molar-refractivity contribution in [1.29, 1.82) is 0 Å². The van der Waals surface area contributed by atoms with E-state index in [0.29, 0.717) is 12.3 Å². The van der Waals surface area contributed by atoms with Crippen LogP contribution in [0, 0.1) is 0 Å². The van der Waals surface area contributed by atoms with Gasteiger partial charge in [0.1, 0.15) is 5.70 Å². The van der Waals surface area contributed by atoms with Crippen molar-refractivity contribution >= 4 is 12.0 Å². The first-order chi connectivity index (χ1) is 7.65. The predicted octanol–water partition coefficient (Wildman–Crippen LogP) is 2.15. The lowest BCUT2D eigenvalue weighted by molar-refractivity contribution is -0.139. The molecule has 0 fully saturated rings. The topological polar surface area (TPSA) is 29.5 Å². The summed E-state index contributed by atoms with van der Waals surface area (Å²) in [5.41, 5.74) is 1.53. The van der Waals surface area contributed by atoms with Crippen LogP contribution in [-0.4, -0.2) is 31.6 Å². The van der Waals surface area contributed by atoms with Gasteiger partial charge >= 0.3 is 5.97 Å². The van der Waals surface area contributed by atoms with Crippen LogP contribution in [0.25, 0.3) is 6.08 Å². The number of benzene rings is 1. The van der Waals surface area contributed by atoms with Crippen molar-refractivity contribution in [3.8, 4) is 0 Å².